The lowest BCUT2D eigenvalue weighted by Gasteiger charge is -2.57. The number of nitrogens with one attached hydrogen (secondary N) is 1. The first kappa shape index (κ1) is 14.0. The minimum absolute atomic E-state index is 0.0690. The summed E-state index contributed by atoms with van der Waals surface area (Å²) in [6.45, 7) is 0. The van der Waals surface area contributed by atoms with Crippen molar-refractivity contribution in [1.29, 1.82) is 0 Å². The Kier molecular flexibility index (Phi) is 2.80. The number of fused-ring (bicyclic) bond motifs is 2. The van der Waals surface area contributed by atoms with Crippen LogP contribution in [0.4, 0.5) is 0 Å². The highest BCUT2D eigenvalue weighted by Gasteiger charge is 2.56. The Morgan fingerprint density at radius 1 is 0.957 bits per heavy atom. The van der Waals surface area contributed by atoms with Crippen LogP contribution in [0.2, 0.25) is 0 Å². The van der Waals surface area contributed by atoms with Crippen molar-refractivity contribution >= 4 is 11.9 Å². The number of ether oxygens (including phenoxy) is 1. The van der Waals surface area contributed by atoms with E-state index in [1.165, 1.54) is 19.3 Å². The maximum Gasteiger partial charge on any atom is 0.310 e. The summed E-state index contributed by atoms with van der Waals surface area (Å²) in [6.07, 6.45) is 10.1. The molecule has 1 amide bonds. The molecule has 4 aliphatic carbocycles. The number of hydrogen-bond donors (Lipinski definition) is 2. The van der Waals surface area contributed by atoms with E-state index in [1.54, 1.807) is 6.08 Å². The number of aliphatic carboxylic acids is 1. The van der Waals surface area contributed by atoms with E-state index < -0.39 is 23.9 Å². The molecule has 4 saturated carbocycles. The van der Waals surface area contributed by atoms with Gasteiger partial charge in [0.25, 0.3) is 0 Å². The van der Waals surface area contributed by atoms with Gasteiger partial charge in [-0.15, -0.1) is 0 Å². The van der Waals surface area contributed by atoms with Crippen LogP contribution < -0.4 is 5.32 Å². The van der Waals surface area contributed by atoms with Crippen LogP contribution in [0.25, 0.3) is 0 Å². The Balaban J connectivity index is 1.37. The molecular formula is C18H23NO4. The van der Waals surface area contributed by atoms with Gasteiger partial charge in [0.2, 0.25) is 5.91 Å². The molecule has 2 heterocycles. The molecule has 5 heteroatoms. The highest BCUT2D eigenvalue weighted by atomic mass is 16.5. The second-order valence-electron chi connectivity index (χ2n) is 8.53. The summed E-state index contributed by atoms with van der Waals surface area (Å²) in [4.78, 5) is 24.5. The molecule has 5 nitrogen and oxygen atoms in total. The number of carboxylic acid groups (broad SMARTS) is 1. The first-order valence-electron chi connectivity index (χ1n) is 8.92. The van der Waals surface area contributed by atoms with Crippen molar-refractivity contribution in [2.24, 2.45) is 29.6 Å². The Bertz CT molecular complexity index is 563. The van der Waals surface area contributed by atoms with Crippen molar-refractivity contribution in [1.82, 2.24) is 5.32 Å². The van der Waals surface area contributed by atoms with Crippen LogP contribution in [0, 0.1) is 29.6 Å². The van der Waals surface area contributed by atoms with Crippen molar-refractivity contribution in [3.05, 3.63) is 12.2 Å². The fourth-order valence-corrected chi connectivity index (χ4v) is 6.52. The number of carboxylic acids is 1. The van der Waals surface area contributed by atoms with Crippen LogP contribution in [0.1, 0.15) is 38.5 Å². The summed E-state index contributed by atoms with van der Waals surface area (Å²) in [6, 6.07) is 0. The molecule has 6 rings (SSSR count). The Hall–Kier alpha value is -1.36. The average molecular weight is 317 g/mol. The molecule has 124 valence electrons. The topological polar surface area (TPSA) is 75.6 Å². The SMILES string of the molecule is O=C(O)[C@H]1[C@H](C(=O)NC23CC4CC(CC(C4)C2)C3)[C@H]2C=C[C@H]1O2. The lowest BCUT2D eigenvalue weighted by molar-refractivity contribution is -0.148. The fourth-order valence-electron chi connectivity index (χ4n) is 6.52. The van der Waals surface area contributed by atoms with Gasteiger partial charge in [0, 0.05) is 5.54 Å². The summed E-state index contributed by atoms with van der Waals surface area (Å²) in [5.41, 5.74) is -0.0690. The molecule has 0 unspecified atom stereocenters. The summed E-state index contributed by atoms with van der Waals surface area (Å²) in [5, 5.41) is 12.8. The number of carbonyl (C=O) groups is 2. The lowest BCUT2D eigenvalue weighted by atomic mass is 9.53. The smallest absolute Gasteiger partial charge is 0.310 e. The van der Waals surface area contributed by atoms with E-state index in [0.29, 0.717) is 0 Å². The van der Waals surface area contributed by atoms with Crippen LogP contribution in [0.5, 0.6) is 0 Å². The molecule has 0 spiro atoms. The van der Waals surface area contributed by atoms with Crippen LogP contribution >= 0.6 is 0 Å². The van der Waals surface area contributed by atoms with E-state index in [0.717, 1.165) is 37.0 Å². The van der Waals surface area contributed by atoms with E-state index in [9.17, 15) is 14.7 Å². The van der Waals surface area contributed by atoms with Gasteiger partial charge in [0.1, 0.15) is 5.92 Å². The van der Waals surface area contributed by atoms with E-state index in [2.05, 4.69) is 5.32 Å². The third kappa shape index (κ3) is 2.02. The van der Waals surface area contributed by atoms with Gasteiger partial charge < -0.3 is 15.2 Å². The zero-order valence-electron chi connectivity index (χ0n) is 13.1. The molecule has 2 aliphatic heterocycles. The Labute approximate surface area is 135 Å². The van der Waals surface area contributed by atoms with Crippen molar-refractivity contribution in [2.75, 3.05) is 0 Å². The van der Waals surface area contributed by atoms with Gasteiger partial charge >= 0.3 is 5.97 Å². The highest BCUT2D eigenvalue weighted by molar-refractivity contribution is 5.87. The summed E-state index contributed by atoms with van der Waals surface area (Å²) in [7, 11) is 0. The molecular weight excluding hydrogens is 294 g/mol. The Morgan fingerprint density at radius 2 is 1.48 bits per heavy atom. The van der Waals surface area contributed by atoms with Gasteiger partial charge in [-0.05, 0) is 56.3 Å². The highest BCUT2D eigenvalue weighted by Crippen LogP contribution is 2.56. The number of carbonyl (C=O) groups excluding carboxylic acids is 1. The van der Waals surface area contributed by atoms with E-state index in [4.69, 9.17) is 4.74 Å². The van der Waals surface area contributed by atoms with Gasteiger partial charge in [-0.25, -0.2) is 0 Å². The second kappa shape index (κ2) is 4.59. The van der Waals surface area contributed by atoms with Crippen LogP contribution in [-0.4, -0.2) is 34.7 Å². The van der Waals surface area contributed by atoms with Crippen molar-refractivity contribution in [3.8, 4) is 0 Å². The van der Waals surface area contributed by atoms with Crippen LogP contribution in [0.3, 0.4) is 0 Å². The van der Waals surface area contributed by atoms with Gasteiger partial charge in [-0.1, -0.05) is 12.2 Å². The van der Waals surface area contributed by atoms with Crippen molar-refractivity contribution in [2.45, 2.75) is 56.3 Å². The normalized spacial score (nSPS) is 52.1. The molecule has 4 atom stereocenters. The molecule has 23 heavy (non-hydrogen) atoms. The third-order valence-electron chi connectivity index (χ3n) is 6.91. The number of rotatable bonds is 3. The summed E-state index contributed by atoms with van der Waals surface area (Å²) in [5.74, 6) is -0.0629. The maximum atomic E-state index is 12.9. The number of hydrogen-bond acceptors (Lipinski definition) is 3. The Morgan fingerprint density at radius 3 is 2.00 bits per heavy atom. The molecule has 0 aromatic rings. The lowest BCUT2D eigenvalue weighted by Crippen LogP contribution is -2.61. The zero-order chi connectivity index (χ0) is 15.8. The monoisotopic (exact) mass is 317 g/mol. The van der Waals surface area contributed by atoms with Crippen LogP contribution in [0.15, 0.2) is 12.2 Å². The largest absolute Gasteiger partial charge is 0.481 e. The van der Waals surface area contributed by atoms with Gasteiger partial charge in [0.05, 0.1) is 18.1 Å². The maximum absolute atomic E-state index is 12.9. The molecule has 6 bridgehead atoms. The fraction of sp³-hybridized carbons (Fsp3) is 0.778. The average Bonchev–Trinajstić information content (AvgIpc) is 3.05. The predicted octanol–water partition coefficient (Wildman–Crippen LogP) is 1.73. The van der Waals surface area contributed by atoms with E-state index in [-0.39, 0.29) is 17.6 Å². The van der Waals surface area contributed by atoms with Crippen LogP contribution in [-0.2, 0) is 14.3 Å². The predicted molar refractivity (Wildman–Crippen MR) is 81.5 cm³/mol. The first-order chi connectivity index (χ1) is 11.0. The quantitative estimate of drug-likeness (QED) is 0.777. The minimum Gasteiger partial charge on any atom is -0.481 e. The number of amides is 1. The summed E-state index contributed by atoms with van der Waals surface area (Å²) < 4.78 is 5.65. The molecule has 0 aromatic carbocycles. The molecule has 5 fully saturated rings. The molecule has 6 aliphatic rings. The molecule has 0 aromatic heterocycles. The van der Waals surface area contributed by atoms with Crippen molar-refractivity contribution in [3.63, 3.8) is 0 Å². The molecule has 2 N–H and O–H groups in total. The first-order valence-corrected chi connectivity index (χ1v) is 8.92. The molecule has 1 saturated heterocycles. The third-order valence-corrected chi connectivity index (χ3v) is 6.91. The van der Waals surface area contributed by atoms with E-state index >= 15 is 0 Å². The zero-order valence-corrected chi connectivity index (χ0v) is 13.1. The summed E-state index contributed by atoms with van der Waals surface area (Å²) >= 11 is 0. The van der Waals surface area contributed by atoms with E-state index in [1.807, 2.05) is 6.08 Å². The standard InChI is InChI=1S/C18H23NO4/c20-16(14-12-1-2-13(23-12)15(14)17(21)22)19-18-6-9-3-10(7-18)5-11(4-9)8-18/h1-2,9-15H,3-8H2,(H,19,20)(H,21,22)/t9?,10?,11?,12-,13-,14-,15-,18?/m1/s1. The van der Waals surface area contributed by atoms with Crippen molar-refractivity contribution < 1.29 is 19.4 Å². The van der Waals surface area contributed by atoms with Gasteiger partial charge in [-0.3, -0.25) is 9.59 Å². The minimum atomic E-state index is -0.924. The van der Waals surface area contributed by atoms with Gasteiger partial charge in [0.15, 0.2) is 0 Å². The second-order valence-corrected chi connectivity index (χ2v) is 8.53. The molecule has 0 radical (unpaired) electrons. The van der Waals surface area contributed by atoms with Gasteiger partial charge in [-0.2, -0.15) is 0 Å².